The predicted molar refractivity (Wildman–Crippen MR) is 89.2 cm³/mol. The second kappa shape index (κ2) is 6.43. The number of para-hydroxylation sites is 1. The minimum atomic E-state index is 0.659. The van der Waals surface area contributed by atoms with Gasteiger partial charge >= 0.3 is 0 Å². The van der Waals surface area contributed by atoms with Crippen LogP contribution in [0.2, 0.25) is 0 Å². The smallest absolute Gasteiger partial charge is 0.137 e. The van der Waals surface area contributed by atoms with Gasteiger partial charge in [0.15, 0.2) is 0 Å². The number of ether oxygens (including phenoxy) is 1. The van der Waals surface area contributed by atoms with E-state index in [0.29, 0.717) is 6.54 Å². The average Bonchev–Trinajstić information content (AvgIpc) is 2.59. The molecule has 0 unspecified atom stereocenters. The van der Waals surface area contributed by atoms with Gasteiger partial charge in [-0.25, -0.2) is 9.97 Å². The molecule has 0 aliphatic carbocycles. The first kappa shape index (κ1) is 14.3. The van der Waals surface area contributed by atoms with Crippen LogP contribution >= 0.6 is 0 Å². The van der Waals surface area contributed by atoms with Gasteiger partial charge in [-0.2, -0.15) is 0 Å². The Kier molecular flexibility index (Phi) is 4.19. The van der Waals surface area contributed by atoms with Crippen molar-refractivity contribution in [3.05, 3.63) is 59.9 Å². The lowest BCUT2D eigenvalue weighted by Gasteiger charge is -2.11. The molecular weight excluding hydrogens is 274 g/mol. The Bertz CT molecular complexity index is 786. The number of fused-ring (bicyclic) bond motifs is 1. The summed E-state index contributed by atoms with van der Waals surface area (Å²) in [6.07, 6.45) is 2.59. The fraction of sp³-hybridized carbons (Fsp3) is 0.222. The van der Waals surface area contributed by atoms with Crippen LogP contribution in [-0.4, -0.2) is 17.1 Å². The van der Waals surface area contributed by atoms with Crippen molar-refractivity contribution >= 4 is 16.7 Å². The summed E-state index contributed by atoms with van der Waals surface area (Å²) in [6.45, 7) is 2.80. The van der Waals surface area contributed by atoms with Crippen molar-refractivity contribution in [3.63, 3.8) is 0 Å². The average molecular weight is 293 g/mol. The van der Waals surface area contributed by atoms with Crippen molar-refractivity contribution in [1.82, 2.24) is 9.97 Å². The largest absolute Gasteiger partial charge is 0.496 e. The minimum absolute atomic E-state index is 0.659. The first-order valence-corrected chi connectivity index (χ1v) is 7.41. The fourth-order valence-corrected chi connectivity index (χ4v) is 2.49. The number of aryl methyl sites for hydroxylation is 1. The molecule has 4 heteroatoms. The van der Waals surface area contributed by atoms with Gasteiger partial charge in [-0.3, -0.25) is 0 Å². The number of rotatable bonds is 5. The molecule has 0 saturated carbocycles. The molecule has 0 radical (unpaired) electrons. The number of aromatic nitrogens is 2. The third kappa shape index (κ3) is 2.86. The van der Waals surface area contributed by atoms with Crippen LogP contribution in [0, 0.1) is 0 Å². The van der Waals surface area contributed by atoms with Crippen LogP contribution in [0.4, 0.5) is 5.82 Å². The Balaban J connectivity index is 1.90. The molecule has 0 atom stereocenters. The summed E-state index contributed by atoms with van der Waals surface area (Å²) in [6, 6.07) is 14.3. The standard InChI is InChI=1S/C18H19N3O/c1-3-13-8-9-16-15(10-13)18(21-12-20-16)19-11-14-6-4-5-7-17(14)22-2/h4-10,12H,3,11H2,1-2H3,(H,19,20,21). The molecule has 1 aromatic heterocycles. The zero-order valence-electron chi connectivity index (χ0n) is 12.8. The maximum absolute atomic E-state index is 5.38. The lowest BCUT2D eigenvalue weighted by atomic mass is 10.1. The quantitative estimate of drug-likeness (QED) is 0.777. The number of methoxy groups -OCH3 is 1. The molecule has 0 spiro atoms. The Morgan fingerprint density at radius 3 is 2.77 bits per heavy atom. The SMILES string of the molecule is CCc1ccc2ncnc(NCc3ccccc3OC)c2c1. The van der Waals surface area contributed by atoms with Crippen molar-refractivity contribution in [1.29, 1.82) is 0 Å². The minimum Gasteiger partial charge on any atom is -0.496 e. The van der Waals surface area contributed by atoms with Crippen molar-refractivity contribution in [2.45, 2.75) is 19.9 Å². The van der Waals surface area contributed by atoms with Gasteiger partial charge in [0.25, 0.3) is 0 Å². The Morgan fingerprint density at radius 1 is 1.09 bits per heavy atom. The highest BCUT2D eigenvalue weighted by Crippen LogP contribution is 2.23. The second-order valence-corrected chi connectivity index (χ2v) is 5.09. The normalized spacial score (nSPS) is 10.6. The lowest BCUT2D eigenvalue weighted by molar-refractivity contribution is 0.410. The van der Waals surface area contributed by atoms with Crippen LogP contribution in [-0.2, 0) is 13.0 Å². The highest BCUT2D eigenvalue weighted by Gasteiger charge is 2.06. The van der Waals surface area contributed by atoms with Crippen molar-refractivity contribution in [2.75, 3.05) is 12.4 Å². The van der Waals surface area contributed by atoms with E-state index in [2.05, 4.69) is 34.3 Å². The Labute approximate surface area is 130 Å². The molecule has 22 heavy (non-hydrogen) atoms. The molecule has 0 aliphatic rings. The molecule has 3 aromatic rings. The van der Waals surface area contributed by atoms with Crippen LogP contribution in [0.5, 0.6) is 5.75 Å². The Morgan fingerprint density at radius 2 is 1.95 bits per heavy atom. The van der Waals surface area contributed by atoms with Gasteiger partial charge in [0, 0.05) is 17.5 Å². The summed E-state index contributed by atoms with van der Waals surface area (Å²) < 4.78 is 5.38. The summed E-state index contributed by atoms with van der Waals surface area (Å²) in [5.41, 5.74) is 3.33. The molecule has 1 N–H and O–H groups in total. The van der Waals surface area contributed by atoms with E-state index in [0.717, 1.165) is 34.5 Å². The van der Waals surface area contributed by atoms with E-state index < -0.39 is 0 Å². The van der Waals surface area contributed by atoms with Gasteiger partial charge in [0.1, 0.15) is 17.9 Å². The lowest BCUT2D eigenvalue weighted by Crippen LogP contribution is -2.04. The number of nitrogens with zero attached hydrogens (tertiary/aromatic N) is 2. The molecule has 1 heterocycles. The summed E-state index contributed by atoms with van der Waals surface area (Å²) in [7, 11) is 1.69. The first-order chi connectivity index (χ1) is 10.8. The van der Waals surface area contributed by atoms with Gasteiger partial charge in [-0.05, 0) is 30.2 Å². The van der Waals surface area contributed by atoms with Crippen molar-refractivity contribution < 1.29 is 4.74 Å². The highest BCUT2D eigenvalue weighted by molar-refractivity contribution is 5.89. The van der Waals surface area contributed by atoms with E-state index in [9.17, 15) is 0 Å². The van der Waals surface area contributed by atoms with Crippen LogP contribution in [0.1, 0.15) is 18.1 Å². The molecule has 0 saturated heterocycles. The van der Waals surface area contributed by atoms with E-state index in [4.69, 9.17) is 4.74 Å². The molecule has 112 valence electrons. The molecule has 3 rings (SSSR count). The predicted octanol–water partition coefficient (Wildman–Crippen LogP) is 3.81. The van der Waals surface area contributed by atoms with E-state index in [1.807, 2.05) is 30.3 Å². The zero-order chi connectivity index (χ0) is 15.4. The number of benzene rings is 2. The van der Waals surface area contributed by atoms with Gasteiger partial charge in [0.2, 0.25) is 0 Å². The zero-order valence-corrected chi connectivity index (χ0v) is 12.8. The molecular formula is C18H19N3O. The van der Waals surface area contributed by atoms with Gasteiger partial charge < -0.3 is 10.1 Å². The molecule has 0 fully saturated rings. The third-order valence-corrected chi connectivity index (χ3v) is 3.75. The molecule has 0 amide bonds. The van der Waals surface area contributed by atoms with E-state index >= 15 is 0 Å². The number of nitrogens with one attached hydrogen (secondary N) is 1. The maximum atomic E-state index is 5.38. The third-order valence-electron chi connectivity index (χ3n) is 3.75. The summed E-state index contributed by atoms with van der Waals surface area (Å²) in [4.78, 5) is 8.72. The van der Waals surface area contributed by atoms with Crippen molar-refractivity contribution in [2.24, 2.45) is 0 Å². The molecule has 0 aliphatic heterocycles. The monoisotopic (exact) mass is 293 g/mol. The number of anilines is 1. The van der Waals surface area contributed by atoms with E-state index in [-0.39, 0.29) is 0 Å². The summed E-state index contributed by atoms with van der Waals surface area (Å²) in [5, 5.41) is 4.45. The number of hydrogen-bond acceptors (Lipinski definition) is 4. The topological polar surface area (TPSA) is 47.0 Å². The maximum Gasteiger partial charge on any atom is 0.137 e. The van der Waals surface area contributed by atoms with E-state index in [1.54, 1.807) is 13.4 Å². The fourth-order valence-electron chi connectivity index (χ4n) is 2.49. The van der Waals surface area contributed by atoms with Gasteiger partial charge in [-0.15, -0.1) is 0 Å². The van der Waals surface area contributed by atoms with Crippen molar-refractivity contribution in [3.8, 4) is 5.75 Å². The van der Waals surface area contributed by atoms with Crippen LogP contribution in [0.15, 0.2) is 48.8 Å². The van der Waals surface area contributed by atoms with E-state index in [1.165, 1.54) is 5.56 Å². The van der Waals surface area contributed by atoms with Crippen LogP contribution < -0.4 is 10.1 Å². The molecule has 4 nitrogen and oxygen atoms in total. The second-order valence-electron chi connectivity index (χ2n) is 5.09. The van der Waals surface area contributed by atoms with Crippen LogP contribution in [0.25, 0.3) is 10.9 Å². The first-order valence-electron chi connectivity index (χ1n) is 7.41. The summed E-state index contributed by atoms with van der Waals surface area (Å²) >= 11 is 0. The van der Waals surface area contributed by atoms with Gasteiger partial charge in [-0.1, -0.05) is 31.2 Å². The van der Waals surface area contributed by atoms with Crippen LogP contribution in [0.3, 0.4) is 0 Å². The van der Waals surface area contributed by atoms with Gasteiger partial charge in [0.05, 0.1) is 12.6 Å². The number of hydrogen-bond donors (Lipinski definition) is 1. The Hall–Kier alpha value is -2.62. The molecule has 2 aromatic carbocycles. The molecule has 0 bridgehead atoms. The summed E-state index contributed by atoms with van der Waals surface area (Å²) in [5.74, 6) is 1.73. The highest BCUT2D eigenvalue weighted by atomic mass is 16.5.